The van der Waals surface area contributed by atoms with Crippen molar-refractivity contribution < 1.29 is 4.79 Å². The second-order valence-electron chi connectivity index (χ2n) is 3.89. The molecule has 0 heterocycles. The van der Waals surface area contributed by atoms with Gasteiger partial charge in [-0.05, 0) is 38.2 Å². The van der Waals surface area contributed by atoms with E-state index in [1.807, 2.05) is 13.8 Å². The van der Waals surface area contributed by atoms with Crippen molar-refractivity contribution in [3.05, 3.63) is 23.8 Å². The minimum Gasteiger partial charge on any atom is -0.350 e. The Bertz CT molecular complexity index is 342. The van der Waals surface area contributed by atoms with Crippen LogP contribution in [0.15, 0.2) is 28.9 Å². The van der Waals surface area contributed by atoms with Crippen molar-refractivity contribution in [2.24, 2.45) is 16.8 Å². The summed E-state index contributed by atoms with van der Waals surface area (Å²) in [6.07, 6.45) is 4.10. The van der Waals surface area contributed by atoms with E-state index in [4.69, 9.17) is 5.73 Å². The zero-order chi connectivity index (χ0) is 11.4. The summed E-state index contributed by atoms with van der Waals surface area (Å²) in [5, 5.41) is 3.89. The first-order chi connectivity index (χ1) is 7.00. The fraction of sp³-hybridized carbons (Fsp3) is 0.455. The van der Waals surface area contributed by atoms with Gasteiger partial charge < -0.3 is 5.73 Å². The lowest BCUT2D eigenvalue weighted by molar-refractivity contribution is 0.249. The molecule has 1 aliphatic rings. The molecule has 1 atom stereocenters. The van der Waals surface area contributed by atoms with Gasteiger partial charge in [0.1, 0.15) is 0 Å². The van der Waals surface area contributed by atoms with Crippen LogP contribution in [0.25, 0.3) is 0 Å². The van der Waals surface area contributed by atoms with Crippen molar-refractivity contribution in [1.29, 1.82) is 0 Å². The maximum atomic E-state index is 10.5. The largest absolute Gasteiger partial charge is 0.350 e. The smallest absolute Gasteiger partial charge is 0.332 e. The van der Waals surface area contributed by atoms with E-state index in [0.717, 1.165) is 24.1 Å². The standard InChI is InChI=1S/C11H17N3O/c1-7(2)9-4-5-10(6-9)8(3)13-14-11(12)15/h5,9H,1,4,6H2,2-3H3,(H3,12,14,15)/b13-8+. The molecule has 15 heavy (non-hydrogen) atoms. The Hall–Kier alpha value is -1.58. The summed E-state index contributed by atoms with van der Waals surface area (Å²) in [6, 6.07) is -0.635. The van der Waals surface area contributed by atoms with Crippen molar-refractivity contribution in [3.63, 3.8) is 0 Å². The topological polar surface area (TPSA) is 67.5 Å². The number of hydrogen-bond donors (Lipinski definition) is 2. The van der Waals surface area contributed by atoms with Crippen molar-refractivity contribution >= 4 is 11.7 Å². The van der Waals surface area contributed by atoms with E-state index in [9.17, 15) is 4.79 Å². The highest BCUT2D eigenvalue weighted by atomic mass is 16.2. The first-order valence-electron chi connectivity index (χ1n) is 4.95. The molecule has 0 aromatic heterocycles. The first kappa shape index (κ1) is 11.5. The molecule has 4 heteroatoms. The number of carbonyl (C=O) groups excluding carboxylic acids is 1. The van der Waals surface area contributed by atoms with Crippen LogP contribution in [0, 0.1) is 5.92 Å². The maximum absolute atomic E-state index is 10.5. The van der Waals surface area contributed by atoms with Gasteiger partial charge >= 0.3 is 6.03 Å². The van der Waals surface area contributed by atoms with Gasteiger partial charge in [0, 0.05) is 0 Å². The van der Waals surface area contributed by atoms with Gasteiger partial charge in [-0.15, -0.1) is 0 Å². The van der Waals surface area contributed by atoms with Gasteiger partial charge in [-0.3, -0.25) is 0 Å². The third kappa shape index (κ3) is 3.23. The Kier molecular flexibility index (Phi) is 3.66. The quantitative estimate of drug-likeness (QED) is 0.414. The molecular weight excluding hydrogens is 190 g/mol. The molecule has 1 rings (SSSR count). The van der Waals surface area contributed by atoms with Gasteiger partial charge in [-0.2, -0.15) is 5.10 Å². The summed E-state index contributed by atoms with van der Waals surface area (Å²) in [5.74, 6) is 0.513. The number of nitrogens with zero attached hydrogens (tertiary/aromatic N) is 1. The molecule has 1 aliphatic carbocycles. The summed E-state index contributed by atoms with van der Waals surface area (Å²) in [4.78, 5) is 10.5. The number of hydrogen-bond acceptors (Lipinski definition) is 2. The zero-order valence-electron chi connectivity index (χ0n) is 9.21. The van der Waals surface area contributed by atoms with Crippen molar-refractivity contribution in [2.75, 3.05) is 0 Å². The number of hydrazone groups is 1. The minimum absolute atomic E-state index is 0.513. The van der Waals surface area contributed by atoms with E-state index in [1.165, 1.54) is 5.57 Å². The molecule has 0 fully saturated rings. The minimum atomic E-state index is -0.635. The molecule has 4 nitrogen and oxygen atoms in total. The molecule has 0 aromatic carbocycles. The Morgan fingerprint density at radius 2 is 2.33 bits per heavy atom. The molecule has 0 saturated carbocycles. The van der Waals surface area contributed by atoms with Gasteiger partial charge in [-0.25, -0.2) is 10.2 Å². The van der Waals surface area contributed by atoms with Gasteiger partial charge in [0.15, 0.2) is 0 Å². The SMILES string of the molecule is C=C(C)C1CC=C(/C(C)=N/NC(N)=O)C1. The number of nitrogens with one attached hydrogen (secondary N) is 1. The Morgan fingerprint density at radius 1 is 1.67 bits per heavy atom. The van der Waals surface area contributed by atoms with Crippen LogP contribution in [0.5, 0.6) is 0 Å². The van der Waals surface area contributed by atoms with E-state index in [0.29, 0.717) is 5.92 Å². The zero-order valence-corrected chi connectivity index (χ0v) is 9.21. The normalized spacial score (nSPS) is 21.1. The van der Waals surface area contributed by atoms with E-state index in [1.54, 1.807) is 0 Å². The maximum Gasteiger partial charge on any atom is 0.332 e. The molecule has 0 spiro atoms. The van der Waals surface area contributed by atoms with Crippen molar-refractivity contribution in [1.82, 2.24) is 5.43 Å². The average Bonchev–Trinajstić information content (AvgIpc) is 2.62. The van der Waals surface area contributed by atoms with E-state index in [2.05, 4.69) is 23.2 Å². The lowest BCUT2D eigenvalue weighted by atomic mass is 9.97. The number of carbonyl (C=O) groups is 1. The number of primary amides is 1. The molecular formula is C11H17N3O. The fourth-order valence-electron chi connectivity index (χ4n) is 1.60. The summed E-state index contributed by atoms with van der Waals surface area (Å²) in [5.41, 5.74) is 10.3. The predicted molar refractivity (Wildman–Crippen MR) is 61.4 cm³/mol. The third-order valence-corrected chi connectivity index (χ3v) is 2.61. The summed E-state index contributed by atoms with van der Waals surface area (Å²) in [7, 11) is 0. The van der Waals surface area contributed by atoms with Crippen LogP contribution in [0.2, 0.25) is 0 Å². The molecule has 82 valence electrons. The van der Waals surface area contributed by atoms with Crippen LogP contribution in [0.3, 0.4) is 0 Å². The highest BCUT2D eigenvalue weighted by Gasteiger charge is 2.18. The lowest BCUT2D eigenvalue weighted by Crippen LogP contribution is -2.25. The second-order valence-corrected chi connectivity index (χ2v) is 3.89. The molecule has 0 aliphatic heterocycles. The number of allylic oxidation sites excluding steroid dienone is 3. The molecule has 0 aromatic rings. The summed E-state index contributed by atoms with van der Waals surface area (Å²) in [6.45, 7) is 7.84. The third-order valence-electron chi connectivity index (χ3n) is 2.61. The predicted octanol–water partition coefficient (Wildman–Crippen LogP) is 1.94. The lowest BCUT2D eigenvalue weighted by Gasteiger charge is -2.09. The van der Waals surface area contributed by atoms with Crippen molar-refractivity contribution in [3.8, 4) is 0 Å². The van der Waals surface area contributed by atoms with E-state index >= 15 is 0 Å². The molecule has 0 bridgehead atoms. The van der Waals surface area contributed by atoms with Crippen molar-refractivity contribution in [2.45, 2.75) is 26.7 Å². The molecule has 0 radical (unpaired) electrons. The fourth-order valence-corrected chi connectivity index (χ4v) is 1.60. The Morgan fingerprint density at radius 3 is 2.80 bits per heavy atom. The molecule has 1 unspecified atom stereocenters. The highest BCUT2D eigenvalue weighted by Crippen LogP contribution is 2.30. The number of urea groups is 1. The van der Waals surface area contributed by atoms with Crippen LogP contribution in [0.4, 0.5) is 4.79 Å². The second kappa shape index (κ2) is 4.77. The van der Waals surface area contributed by atoms with Gasteiger partial charge in [0.05, 0.1) is 5.71 Å². The summed E-state index contributed by atoms with van der Waals surface area (Å²) >= 11 is 0. The molecule has 3 N–H and O–H groups in total. The van der Waals surface area contributed by atoms with Gasteiger partial charge in [0.25, 0.3) is 0 Å². The number of amides is 2. The average molecular weight is 207 g/mol. The Balaban J connectivity index is 2.56. The van der Waals surface area contributed by atoms with Crippen LogP contribution in [-0.2, 0) is 0 Å². The first-order valence-corrected chi connectivity index (χ1v) is 4.95. The summed E-state index contributed by atoms with van der Waals surface area (Å²) < 4.78 is 0. The molecule has 2 amide bonds. The van der Waals surface area contributed by atoms with E-state index < -0.39 is 6.03 Å². The van der Waals surface area contributed by atoms with Gasteiger partial charge in [0.2, 0.25) is 0 Å². The highest BCUT2D eigenvalue weighted by molar-refractivity contribution is 5.99. The van der Waals surface area contributed by atoms with Crippen LogP contribution >= 0.6 is 0 Å². The number of nitrogens with two attached hydrogens (primary N) is 1. The van der Waals surface area contributed by atoms with Crippen LogP contribution in [0.1, 0.15) is 26.7 Å². The number of rotatable bonds is 3. The Labute approximate surface area is 89.9 Å². The van der Waals surface area contributed by atoms with Gasteiger partial charge in [-0.1, -0.05) is 18.2 Å². The monoisotopic (exact) mass is 207 g/mol. The van der Waals surface area contributed by atoms with E-state index in [-0.39, 0.29) is 0 Å². The molecule has 0 saturated heterocycles. The van der Waals surface area contributed by atoms with Crippen LogP contribution < -0.4 is 11.2 Å². The van der Waals surface area contributed by atoms with Crippen LogP contribution in [-0.4, -0.2) is 11.7 Å².